The first kappa shape index (κ1) is 13.4. The van der Waals surface area contributed by atoms with Crippen molar-refractivity contribution < 1.29 is 4.39 Å². The SMILES string of the molecule is Fc1ccc(SCCNc2ccc(Br)cc2)cc1. The lowest BCUT2D eigenvalue weighted by atomic mass is 10.3. The number of nitrogens with one attached hydrogen (secondary N) is 1. The monoisotopic (exact) mass is 325 g/mol. The van der Waals surface area contributed by atoms with E-state index in [1.54, 1.807) is 23.9 Å². The number of anilines is 1. The molecule has 0 bridgehead atoms. The van der Waals surface area contributed by atoms with Gasteiger partial charge in [0.15, 0.2) is 0 Å². The van der Waals surface area contributed by atoms with Crippen LogP contribution in [0, 0.1) is 5.82 Å². The molecule has 0 amide bonds. The molecule has 1 N–H and O–H groups in total. The summed E-state index contributed by atoms with van der Waals surface area (Å²) < 4.78 is 13.8. The van der Waals surface area contributed by atoms with Gasteiger partial charge in [-0.25, -0.2) is 4.39 Å². The smallest absolute Gasteiger partial charge is 0.123 e. The Morgan fingerprint density at radius 1 is 1.00 bits per heavy atom. The van der Waals surface area contributed by atoms with E-state index < -0.39 is 0 Å². The lowest BCUT2D eigenvalue weighted by Crippen LogP contribution is -2.03. The molecule has 94 valence electrons. The fraction of sp³-hybridized carbons (Fsp3) is 0.143. The van der Waals surface area contributed by atoms with Crippen LogP contribution in [0.4, 0.5) is 10.1 Å². The number of hydrogen-bond acceptors (Lipinski definition) is 2. The normalized spacial score (nSPS) is 10.3. The van der Waals surface area contributed by atoms with E-state index >= 15 is 0 Å². The Kier molecular flexibility index (Phi) is 5.08. The van der Waals surface area contributed by atoms with Gasteiger partial charge in [-0.15, -0.1) is 11.8 Å². The Bertz CT molecular complexity index is 437. The first-order valence-corrected chi connectivity index (χ1v) is 7.40. The highest BCUT2D eigenvalue weighted by molar-refractivity contribution is 9.10. The molecule has 4 heteroatoms. The van der Waals surface area contributed by atoms with Crippen molar-refractivity contribution in [1.29, 1.82) is 0 Å². The Balaban J connectivity index is 1.73. The molecule has 0 saturated heterocycles. The number of halogens is 2. The largest absolute Gasteiger partial charge is 0.384 e. The lowest BCUT2D eigenvalue weighted by molar-refractivity contribution is 0.626. The van der Waals surface area contributed by atoms with Crippen LogP contribution in [0.3, 0.4) is 0 Å². The van der Waals surface area contributed by atoms with Crippen molar-refractivity contribution in [2.45, 2.75) is 4.90 Å². The van der Waals surface area contributed by atoms with Crippen molar-refractivity contribution >= 4 is 33.4 Å². The van der Waals surface area contributed by atoms with Gasteiger partial charge in [-0.2, -0.15) is 0 Å². The molecule has 0 saturated carbocycles. The van der Waals surface area contributed by atoms with Crippen LogP contribution in [0.2, 0.25) is 0 Å². The van der Waals surface area contributed by atoms with Gasteiger partial charge >= 0.3 is 0 Å². The van der Waals surface area contributed by atoms with Crippen LogP contribution in [0.25, 0.3) is 0 Å². The molecule has 0 aliphatic heterocycles. The third-order valence-electron chi connectivity index (χ3n) is 2.36. The number of hydrogen-bond donors (Lipinski definition) is 1. The van der Waals surface area contributed by atoms with Gasteiger partial charge in [-0.1, -0.05) is 15.9 Å². The second kappa shape index (κ2) is 6.81. The predicted octanol–water partition coefficient (Wildman–Crippen LogP) is 4.79. The standard InChI is InChI=1S/C14H13BrFNS/c15-11-1-5-13(6-2-11)17-9-10-18-14-7-3-12(16)4-8-14/h1-8,17H,9-10H2. The van der Waals surface area contributed by atoms with Gasteiger partial charge < -0.3 is 5.32 Å². The molecule has 0 atom stereocenters. The van der Waals surface area contributed by atoms with E-state index in [9.17, 15) is 4.39 Å². The van der Waals surface area contributed by atoms with Gasteiger partial charge in [0.2, 0.25) is 0 Å². The number of rotatable bonds is 5. The van der Waals surface area contributed by atoms with Crippen molar-refractivity contribution in [3.05, 3.63) is 58.8 Å². The maximum atomic E-state index is 12.7. The van der Waals surface area contributed by atoms with E-state index in [4.69, 9.17) is 0 Å². The summed E-state index contributed by atoms with van der Waals surface area (Å²) >= 11 is 5.11. The van der Waals surface area contributed by atoms with E-state index in [1.807, 2.05) is 24.3 Å². The summed E-state index contributed by atoms with van der Waals surface area (Å²) in [7, 11) is 0. The summed E-state index contributed by atoms with van der Waals surface area (Å²) in [5.41, 5.74) is 1.11. The topological polar surface area (TPSA) is 12.0 Å². The summed E-state index contributed by atoms with van der Waals surface area (Å²) in [4.78, 5) is 1.09. The average molecular weight is 326 g/mol. The van der Waals surface area contributed by atoms with E-state index in [0.29, 0.717) is 0 Å². The summed E-state index contributed by atoms with van der Waals surface area (Å²) in [5, 5.41) is 3.34. The molecule has 0 spiro atoms. The highest BCUT2D eigenvalue weighted by Gasteiger charge is 1.95. The van der Waals surface area contributed by atoms with Gasteiger partial charge in [0.05, 0.1) is 0 Å². The van der Waals surface area contributed by atoms with Crippen LogP contribution < -0.4 is 5.32 Å². The van der Waals surface area contributed by atoms with Gasteiger partial charge in [-0.3, -0.25) is 0 Å². The molecular formula is C14H13BrFNS. The molecule has 0 heterocycles. The zero-order valence-electron chi connectivity index (χ0n) is 9.70. The van der Waals surface area contributed by atoms with Crippen LogP contribution >= 0.6 is 27.7 Å². The Labute approximate surface area is 119 Å². The maximum Gasteiger partial charge on any atom is 0.123 e. The molecule has 1 nitrogen and oxygen atoms in total. The van der Waals surface area contributed by atoms with Crippen molar-refractivity contribution in [3.63, 3.8) is 0 Å². The summed E-state index contributed by atoms with van der Waals surface area (Å²) in [6.45, 7) is 0.879. The molecule has 0 aromatic heterocycles. The minimum absolute atomic E-state index is 0.188. The zero-order valence-corrected chi connectivity index (χ0v) is 12.1. The van der Waals surface area contributed by atoms with Crippen LogP contribution in [-0.2, 0) is 0 Å². The van der Waals surface area contributed by atoms with E-state index in [0.717, 1.165) is 27.4 Å². The minimum atomic E-state index is -0.188. The van der Waals surface area contributed by atoms with Crippen molar-refractivity contribution in [1.82, 2.24) is 0 Å². The molecule has 0 radical (unpaired) electrons. The van der Waals surface area contributed by atoms with Gasteiger partial charge in [-0.05, 0) is 48.5 Å². The molecule has 0 unspecified atom stereocenters. The van der Waals surface area contributed by atoms with Crippen molar-refractivity contribution in [2.75, 3.05) is 17.6 Å². The Morgan fingerprint density at radius 2 is 1.67 bits per heavy atom. The Hall–Kier alpha value is -1.00. The van der Waals surface area contributed by atoms with Gasteiger partial charge in [0, 0.05) is 27.4 Å². The average Bonchev–Trinajstić information content (AvgIpc) is 2.39. The third-order valence-corrected chi connectivity index (χ3v) is 3.90. The second-order valence-corrected chi connectivity index (χ2v) is 5.82. The number of benzene rings is 2. The van der Waals surface area contributed by atoms with Gasteiger partial charge in [0.25, 0.3) is 0 Å². The molecule has 0 fully saturated rings. The lowest BCUT2D eigenvalue weighted by Gasteiger charge is -2.06. The molecule has 2 rings (SSSR count). The molecule has 18 heavy (non-hydrogen) atoms. The minimum Gasteiger partial charge on any atom is -0.384 e. The highest BCUT2D eigenvalue weighted by atomic mass is 79.9. The van der Waals surface area contributed by atoms with Crippen LogP contribution in [0.1, 0.15) is 0 Å². The fourth-order valence-corrected chi connectivity index (χ4v) is 2.50. The predicted molar refractivity (Wildman–Crippen MR) is 79.8 cm³/mol. The van der Waals surface area contributed by atoms with Crippen molar-refractivity contribution in [2.24, 2.45) is 0 Å². The fourth-order valence-electron chi connectivity index (χ4n) is 1.46. The van der Waals surface area contributed by atoms with E-state index in [2.05, 4.69) is 21.2 Å². The first-order valence-electron chi connectivity index (χ1n) is 5.62. The van der Waals surface area contributed by atoms with Crippen molar-refractivity contribution in [3.8, 4) is 0 Å². The Morgan fingerprint density at radius 3 is 2.33 bits per heavy atom. The number of thioether (sulfide) groups is 1. The summed E-state index contributed by atoms with van der Waals surface area (Å²) in [6.07, 6.45) is 0. The van der Waals surface area contributed by atoms with E-state index in [-0.39, 0.29) is 5.82 Å². The third kappa shape index (κ3) is 4.35. The maximum absolute atomic E-state index is 12.7. The molecule has 0 aliphatic rings. The summed E-state index contributed by atoms with van der Waals surface area (Å²) in [6, 6.07) is 14.7. The van der Waals surface area contributed by atoms with Crippen LogP contribution in [0.5, 0.6) is 0 Å². The molecule has 2 aromatic carbocycles. The first-order chi connectivity index (χ1) is 8.74. The van der Waals surface area contributed by atoms with Crippen LogP contribution in [0.15, 0.2) is 57.9 Å². The zero-order chi connectivity index (χ0) is 12.8. The molecule has 0 aliphatic carbocycles. The van der Waals surface area contributed by atoms with E-state index in [1.165, 1.54) is 12.1 Å². The van der Waals surface area contributed by atoms with Gasteiger partial charge in [0.1, 0.15) is 5.82 Å². The molecular weight excluding hydrogens is 313 g/mol. The second-order valence-electron chi connectivity index (χ2n) is 3.74. The highest BCUT2D eigenvalue weighted by Crippen LogP contribution is 2.18. The summed E-state index contributed by atoms with van der Waals surface area (Å²) in [5.74, 6) is 0.758. The van der Waals surface area contributed by atoms with Crippen LogP contribution in [-0.4, -0.2) is 12.3 Å². The molecule has 2 aromatic rings. The quantitative estimate of drug-likeness (QED) is 0.626.